The number of para-hydroxylation sites is 1. The van der Waals surface area contributed by atoms with Crippen LogP contribution in [0.1, 0.15) is 12.7 Å². The van der Waals surface area contributed by atoms with Gasteiger partial charge in [0.2, 0.25) is 5.75 Å². The molecule has 0 spiro atoms. The van der Waals surface area contributed by atoms with E-state index in [-0.39, 0.29) is 0 Å². The van der Waals surface area contributed by atoms with Crippen LogP contribution < -0.4 is 19.5 Å². The highest BCUT2D eigenvalue weighted by Gasteiger charge is 2.13. The lowest BCUT2D eigenvalue weighted by atomic mass is 10.2. The Morgan fingerprint density at radius 3 is 2.41 bits per heavy atom. The van der Waals surface area contributed by atoms with Gasteiger partial charge in [-0.15, -0.1) is 0 Å². The van der Waals surface area contributed by atoms with Crippen LogP contribution in [0.15, 0.2) is 41.0 Å². The van der Waals surface area contributed by atoms with E-state index in [4.69, 9.17) is 18.6 Å². The van der Waals surface area contributed by atoms with Crippen LogP contribution >= 0.6 is 0 Å². The fourth-order valence-corrected chi connectivity index (χ4v) is 2.19. The lowest BCUT2D eigenvalue weighted by Gasteiger charge is -2.16. The van der Waals surface area contributed by atoms with E-state index in [0.717, 1.165) is 18.8 Å². The number of hydrogen-bond donors (Lipinski definition) is 1. The molecule has 0 aliphatic heterocycles. The minimum atomic E-state index is 0.393. The topological polar surface area (TPSA) is 57.4 Å². The van der Waals surface area contributed by atoms with Crippen LogP contribution in [-0.2, 0) is 6.54 Å². The molecule has 2 aromatic rings. The first-order valence-electron chi connectivity index (χ1n) is 7.42. The van der Waals surface area contributed by atoms with Crippen molar-refractivity contribution in [3.8, 4) is 17.2 Å². The predicted octanol–water partition coefficient (Wildman–Crippen LogP) is 2.08. The van der Waals surface area contributed by atoms with Crippen molar-refractivity contribution in [2.75, 3.05) is 27.4 Å². The highest BCUT2D eigenvalue weighted by Crippen LogP contribution is 2.36. The molecule has 0 aliphatic rings. The minimum absolute atomic E-state index is 0.393. The van der Waals surface area contributed by atoms with Gasteiger partial charge in [0.1, 0.15) is 6.54 Å². The van der Waals surface area contributed by atoms with Crippen molar-refractivity contribution in [3.05, 3.63) is 42.4 Å². The first kappa shape index (κ1) is 16.2. The molecule has 22 heavy (non-hydrogen) atoms. The smallest absolute Gasteiger partial charge is 0.203 e. The van der Waals surface area contributed by atoms with Gasteiger partial charge in [0.05, 0.1) is 33.6 Å². The molecule has 5 heteroatoms. The highest BCUT2D eigenvalue weighted by atomic mass is 16.5. The Labute approximate surface area is 131 Å². The monoisotopic (exact) mass is 306 g/mol. The van der Waals surface area contributed by atoms with Gasteiger partial charge in [-0.05, 0) is 24.3 Å². The van der Waals surface area contributed by atoms with Crippen molar-refractivity contribution >= 4 is 0 Å². The summed E-state index contributed by atoms with van der Waals surface area (Å²) < 4.78 is 21.9. The van der Waals surface area contributed by atoms with Crippen LogP contribution in [0.5, 0.6) is 17.2 Å². The zero-order chi connectivity index (χ0) is 15.8. The Kier molecular flexibility index (Phi) is 6.15. The van der Waals surface area contributed by atoms with E-state index in [1.165, 1.54) is 0 Å². The molecule has 1 heterocycles. The molecule has 0 radical (unpaired) electrons. The molecule has 0 fully saturated rings. The third-order valence-corrected chi connectivity index (χ3v) is 3.39. The Morgan fingerprint density at radius 1 is 1.09 bits per heavy atom. The summed E-state index contributed by atoms with van der Waals surface area (Å²) in [4.78, 5) is 0. The maximum absolute atomic E-state index is 5.91. The van der Waals surface area contributed by atoms with E-state index < -0.39 is 0 Å². The summed E-state index contributed by atoms with van der Waals surface area (Å²) >= 11 is 0. The van der Waals surface area contributed by atoms with E-state index in [1.54, 1.807) is 20.5 Å². The van der Waals surface area contributed by atoms with E-state index in [2.05, 4.69) is 12.2 Å². The standard InChI is InChI=1S/C17H23NO4/c1-13(10-18-11-14-6-5-9-21-14)12-22-17-15(19-2)7-4-8-16(17)20-3/h4-9,13,18H,10-12H2,1-3H3/p+1/t13-/m0/s1. The third-order valence-electron chi connectivity index (χ3n) is 3.39. The quantitative estimate of drug-likeness (QED) is 0.770. The van der Waals surface area contributed by atoms with Crippen molar-refractivity contribution < 1.29 is 23.9 Å². The maximum Gasteiger partial charge on any atom is 0.203 e. The van der Waals surface area contributed by atoms with Crippen LogP contribution in [0.4, 0.5) is 0 Å². The zero-order valence-electron chi connectivity index (χ0n) is 13.4. The summed E-state index contributed by atoms with van der Waals surface area (Å²) in [5.41, 5.74) is 0. The van der Waals surface area contributed by atoms with E-state index >= 15 is 0 Å². The average Bonchev–Trinajstić information content (AvgIpc) is 3.05. The zero-order valence-corrected chi connectivity index (χ0v) is 13.4. The molecule has 0 bridgehead atoms. The predicted molar refractivity (Wildman–Crippen MR) is 83.4 cm³/mol. The van der Waals surface area contributed by atoms with Gasteiger partial charge in [0.15, 0.2) is 17.3 Å². The van der Waals surface area contributed by atoms with Crippen molar-refractivity contribution in [2.45, 2.75) is 13.5 Å². The van der Waals surface area contributed by atoms with Gasteiger partial charge >= 0.3 is 0 Å². The van der Waals surface area contributed by atoms with Gasteiger partial charge in [-0.2, -0.15) is 0 Å². The van der Waals surface area contributed by atoms with Crippen LogP contribution in [0, 0.1) is 5.92 Å². The van der Waals surface area contributed by atoms with Crippen molar-refractivity contribution in [1.82, 2.24) is 0 Å². The molecule has 0 saturated heterocycles. The second-order valence-electron chi connectivity index (χ2n) is 5.22. The summed E-state index contributed by atoms with van der Waals surface area (Å²) in [5.74, 6) is 3.41. The summed E-state index contributed by atoms with van der Waals surface area (Å²) in [6.07, 6.45) is 1.70. The number of nitrogens with two attached hydrogens (primary N) is 1. The minimum Gasteiger partial charge on any atom is -0.493 e. The molecule has 0 unspecified atom stereocenters. The van der Waals surface area contributed by atoms with Crippen LogP contribution in [0.25, 0.3) is 0 Å². The van der Waals surface area contributed by atoms with Gasteiger partial charge in [-0.1, -0.05) is 13.0 Å². The third kappa shape index (κ3) is 4.43. The van der Waals surface area contributed by atoms with Gasteiger partial charge in [-0.25, -0.2) is 0 Å². The molecular weight excluding hydrogens is 282 g/mol. The Morgan fingerprint density at radius 2 is 1.82 bits per heavy atom. The molecule has 0 saturated carbocycles. The number of quaternary nitrogens is 1. The number of benzene rings is 1. The summed E-state index contributed by atoms with van der Waals surface area (Å²) in [6, 6.07) is 9.50. The lowest BCUT2D eigenvalue weighted by molar-refractivity contribution is -0.677. The van der Waals surface area contributed by atoms with Gasteiger partial charge in [0.25, 0.3) is 0 Å². The summed E-state index contributed by atoms with van der Waals surface area (Å²) in [7, 11) is 3.25. The van der Waals surface area contributed by atoms with Crippen LogP contribution in [-0.4, -0.2) is 27.4 Å². The first-order valence-corrected chi connectivity index (χ1v) is 7.42. The Hall–Kier alpha value is -2.14. The Bertz CT molecular complexity index is 532. The highest BCUT2D eigenvalue weighted by molar-refractivity contribution is 5.51. The second kappa shape index (κ2) is 8.34. The molecule has 1 aromatic heterocycles. The van der Waals surface area contributed by atoms with Crippen molar-refractivity contribution in [1.29, 1.82) is 0 Å². The molecule has 1 atom stereocenters. The molecule has 1 aromatic carbocycles. The molecule has 5 nitrogen and oxygen atoms in total. The Balaban J connectivity index is 1.81. The first-order chi connectivity index (χ1) is 10.7. The number of ether oxygens (including phenoxy) is 3. The van der Waals surface area contributed by atoms with Gasteiger partial charge < -0.3 is 23.9 Å². The van der Waals surface area contributed by atoms with E-state index in [1.807, 2.05) is 30.3 Å². The number of furan rings is 1. The molecule has 0 amide bonds. The summed E-state index contributed by atoms with van der Waals surface area (Å²) in [5, 5.41) is 2.21. The number of hydrogen-bond acceptors (Lipinski definition) is 4. The fourth-order valence-electron chi connectivity index (χ4n) is 2.19. The maximum atomic E-state index is 5.91. The van der Waals surface area contributed by atoms with Crippen LogP contribution in [0.2, 0.25) is 0 Å². The largest absolute Gasteiger partial charge is 0.493 e. The molecular formula is C17H24NO4+. The molecule has 120 valence electrons. The van der Waals surface area contributed by atoms with Gasteiger partial charge in [0, 0.05) is 5.92 Å². The van der Waals surface area contributed by atoms with Gasteiger partial charge in [-0.3, -0.25) is 0 Å². The summed E-state index contributed by atoms with van der Waals surface area (Å²) in [6.45, 7) is 4.55. The lowest BCUT2D eigenvalue weighted by Crippen LogP contribution is -2.84. The SMILES string of the molecule is COc1cccc(OC)c1OC[C@@H](C)C[NH2+]Cc1ccco1. The van der Waals surface area contributed by atoms with E-state index in [9.17, 15) is 0 Å². The van der Waals surface area contributed by atoms with E-state index in [0.29, 0.717) is 29.8 Å². The molecule has 2 rings (SSSR count). The number of methoxy groups -OCH3 is 2. The van der Waals surface area contributed by atoms with Crippen LogP contribution in [0.3, 0.4) is 0 Å². The average molecular weight is 306 g/mol. The second-order valence-corrected chi connectivity index (χ2v) is 5.22. The fraction of sp³-hybridized carbons (Fsp3) is 0.412. The molecule has 0 aliphatic carbocycles. The van der Waals surface area contributed by atoms with Crippen molar-refractivity contribution in [3.63, 3.8) is 0 Å². The number of rotatable bonds is 9. The van der Waals surface area contributed by atoms with Crippen molar-refractivity contribution in [2.24, 2.45) is 5.92 Å². The normalized spacial score (nSPS) is 12.0. The molecule has 2 N–H and O–H groups in total.